The number of fused-ring (bicyclic) bond motifs is 1. The molecule has 0 aliphatic rings. The first-order chi connectivity index (χ1) is 14.2. The second-order valence-corrected chi connectivity index (χ2v) is 9.59. The summed E-state index contributed by atoms with van der Waals surface area (Å²) >= 11 is 0. The van der Waals surface area contributed by atoms with Crippen LogP contribution < -0.4 is 10.6 Å². The second kappa shape index (κ2) is 10.9. The lowest BCUT2D eigenvalue weighted by molar-refractivity contribution is 0.599. The third-order valence-electron chi connectivity index (χ3n) is 4.87. The van der Waals surface area contributed by atoms with E-state index in [9.17, 15) is 12.8 Å². The number of halogens is 2. The fourth-order valence-corrected chi connectivity index (χ4v) is 4.25. The van der Waals surface area contributed by atoms with E-state index in [0.717, 1.165) is 11.9 Å². The number of benzene rings is 2. The molecule has 3 rings (SSSR count). The van der Waals surface area contributed by atoms with Gasteiger partial charge in [0, 0.05) is 43.5 Å². The molecule has 0 bridgehead atoms. The van der Waals surface area contributed by atoms with Crippen LogP contribution in [0.25, 0.3) is 10.9 Å². The van der Waals surface area contributed by atoms with E-state index in [2.05, 4.69) is 45.7 Å². The van der Waals surface area contributed by atoms with E-state index in [1.54, 1.807) is 7.05 Å². The largest absolute Gasteiger partial charge is 0.361 e. The van der Waals surface area contributed by atoms with Crippen molar-refractivity contribution in [3.8, 4) is 0 Å². The van der Waals surface area contributed by atoms with Gasteiger partial charge >= 0.3 is 0 Å². The van der Waals surface area contributed by atoms with E-state index < -0.39 is 15.7 Å². The highest BCUT2D eigenvalue weighted by Crippen LogP contribution is 2.19. The normalized spacial score (nSPS) is 11.9. The van der Waals surface area contributed by atoms with Gasteiger partial charge in [0.2, 0.25) is 0 Å². The van der Waals surface area contributed by atoms with Crippen LogP contribution >= 0.6 is 24.0 Å². The van der Waals surface area contributed by atoms with Gasteiger partial charge < -0.3 is 15.6 Å². The predicted molar refractivity (Wildman–Crippen MR) is 135 cm³/mol. The molecule has 0 saturated heterocycles. The van der Waals surface area contributed by atoms with Crippen molar-refractivity contribution in [3.63, 3.8) is 0 Å². The highest BCUT2D eigenvalue weighted by Gasteiger charge is 2.11. The zero-order valence-corrected chi connectivity index (χ0v) is 21.0. The van der Waals surface area contributed by atoms with E-state index in [-0.39, 0.29) is 36.3 Å². The van der Waals surface area contributed by atoms with Gasteiger partial charge in [-0.05, 0) is 53.8 Å². The summed E-state index contributed by atoms with van der Waals surface area (Å²) in [5.41, 5.74) is 4.73. The van der Waals surface area contributed by atoms with Gasteiger partial charge in [0.05, 0.1) is 5.75 Å². The summed E-state index contributed by atoms with van der Waals surface area (Å²) in [6, 6.07) is 10.5. The third kappa shape index (κ3) is 7.20. The monoisotopic (exact) mass is 558 g/mol. The highest BCUT2D eigenvalue weighted by molar-refractivity contribution is 14.0. The van der Waals surface area contributed by atoms with E-state index in [4.69, 9.17) is 0 Å². The van der Waals surface area contributed by atoms with E-state index in [0.29, 0.717) is 23.6 Å². The van der Waals surface area contributed by atoms with Crippen molar-refractivity contribution in [2.45, 2.75) is 25.6 Å². The van der Waals surface area contributed by atoms with Gasteiger partial charge in [-0.25, -0.2) is 12.8 Å². The molecule has 0 radical (unpaired) electrons. The van der Waals surface area contributed by atoms with Gasteiger partial charge in [-0.15, -0.1) is 24.0 Å². The first-order valence-electron chi connectivity index (χ1n) is 9.71. The molecule has 3 N–H and O–H groups in total. The molecule has 0 fully saturated rings. The van der Waals surface area contributed by atoms with Crippen molar-refractivity contribution < 1.29 is 12.8 Å². The van der Waals surface area contributed by atoms with Crippen LogP contribution in [0.3, 0.4) is 0 Å². The number of sulfone groups is 1. The van der Waals surface area contributed by atoms with Crippen LogP contribution in [0.2, 0.25) is 0 Å². The van der Waals surface area contributed by atoms with Gasteiger partial charge in [0.25, 0.3) is 0 Å². The van der Waals surface area contributed by atoms with E-state index >= 15 is 0 Å². The Balaban J connectivity index is 0.00000341. The van der Waals surface area contributed by atoms with Gasteiger partial charge in [0.1, 0.15) is 5.82 Å². The predicted octanol–water partition coefficient (Wildman–Crippen LogP) is 3.69. The number of aromatic nitrogens is 1. The fourth-order valence-electron chi connectivity index (χ4n) is 3.40. The number of guanidine groups is 1. The number of hydrogen-bond donors (Lipinski definition) is 3. The average Bonchev–Trinajstić information content (AvgIpc) is 3.07. The summed E-state index contributed by atoms with van der Waals surface area (Å²) in [7, 11) is -1.56. The van der Waals surface area contributed by atoms with Crippen molar-refractivity contribution in [2.75, 3.05) is 19.8 Å². The lowest BCUT2D eigenvalue weighted by Crippen LogP contribution is -2.38. The number of H-pyrrole nitrogens is 1. The number of aryl methyl sites for hydroxylation is 1. The summed E-state index contributed by atoms with van der Waals surface area (Å²) in [6.07, 6.45) is 4.00. The molecule has 168 valence electrons. The minimum Gasteiger partial charge on any atom is -0.361 e. The van der Waals surface area contributed by atoms with Crippen molar-refractivity contribution in [2.24, 2.45) is 4.99 Å². The average molecular weight is 558 g/mol. The summed E-state index contributed by atoms with van der Waals surface area (Å²) in [6.45, 7) is 3.01. The molecule has 0 amide bonds. The van der Waals surface area contributed by atoms with Crippen molar-refractivity contribution in [1.82, 2.24) is 15.6 Å². The number of hydrogen-bond acceptors (Lipinski definition) is 3. The molecule has 0 aliphatic carbocycles. The molecule has 31 heavy (non-hydrogen) atoms. The third-order valence-corrected chi connectivity index (χ3v) is 5.70. The van der Waals surface area contributed by atoms with Crippen LogP contribution in [-0.4, -0.2) is 39.2 Å². The number of rotatable bonds is 7. The van der Waals surface area contributed by atoms with Gasteiger partial charge in [-0.3, -0.25) is 4.99 Å². The molecule has 0 atom stereocenters. The minimum atomic E-state index is -3.22. The van der Waals surface area contributed by atoms with Crippen molar-refractivity contribution in [1.29, 1.82) is 0 Å². The van der Waals surface area contributed by atoms with Crippen LogP contribution in [-0.2, 0) is 28.6 Å². The quantitative estimate of drug-likeness (QED) is 0.235. The van der Waals surface area contributed by atoms with Crippen LogP contribution in [0.1, 0.15) is 22.3 Å². The zero-order chi connectivity index (χ0) is 21.7. The summed E-state index contributed by atoms with van der Waals surface area (Å²) in [4.78, 5) is 7.50. The maximum absolute atomic E-state index is 13.7. The maximum atomic E-state index is 13.7. The summed E-state index contributed by atoms with van der Waals surface area (Å²) in [5, 5.41) is 7.59. The molecule has 0 aliphatic heterocycles. The standard InChI is InChI=1S/C22H27FN4O2S.HI/c1-15-4-7-20-16(12-26-21(20)10-15)8-9-25-22(24-2)27-13-18-11-19(23)6-5-17(18)14-30(3,28)29;/h4-7,10-12,26H,8-9,13-14H2,1-3H3,(H2,24,25,27);1H. The lowest BCUT2D eigenvalue weighted by Gasteiger charge is -2.14. The molecule has 6 nitrogen and oxygen atoms in total. The van der Waals surface area contributed by atoms with Crippen LogP contribution in [0.15, 0.2) is 47.6 Å². The molecular weight excluding hydrogens is 530 g/mol. The Kier molecular flexibility index (Phi) is 8.87. The lowest BCUT2D eigenvalue weighted by atomic mass is 10.1. The number of nitrogens with one attached hydrogen (secondary N) is 3. The Morgan fingerprint density at radius 2 is 1.87 bits per heavy atom. The molecule has 0 saturated carbocycles. The molecule has 1 aromatic heterocycles. The van der Waals surface area contributed by atoms with Gasteiger partial charge in [-0.2, -0.15) is 0 Å². The Labute approximate surface area is 199 Å². The Bertz CT molecular complexity index is 1180. The molecule has 0 unspecified atom stereocenters. The van der Waals surface area contributed by atoms with Crippen molar-refractivity contribution >= 4 is 50.7 Å². The van der Waals surface area contributed by atoms with Gasteiger partial charge in [0.15, 0.2) is 15.8 Å². The zero-order valence-electron chi connectivity index (χ0n) is 17.8. The van der Waals surface area contributed by atoms with E-state index in [1.807, 2.05) is 6.20 Å². The maximum Gasteiger partial charge on any atom is 0.191 e. The van der Waals surface area contributed by atoms with Gasteiger partial charge in [-0.1, -0.05) is 18.2 Å². The molecule has 3 aromatic rings. The molecular formula is C22H28FIN4O2S. The Morgan fingerprint density at radius 1 is 1.10 bits per heavy atom. The molecule has 1 heterocycles. The number of nitrogens with zero attached hydrogens (tertiary/aromatic N) is 1. The number of aromatic amines is 1. The summed E-state index contributed by atoms with van der Waals surface area (Å²) < 4.78 is 37.0. The van der Waals surface area contributed by atoms with E-state index in [1.165, 1.54) is 41.0 Å². The SMILES string of the molecule is CN=C(NCCc1c[nH]c2cc(C)ccc12)NCc1cc(F)ccc1CS(C)(=O)=O.I. The second-order valence-electron chi connectivity index (χ2n) is 7.45. The molecule has 2 aromatic carbocycles. The fraction of sp³-hybridized carbons (Fsp3) is 0.318. The first-order valence-corrected chi connectivity index (χ1v) is 11.8. The molecule has 0 spiro atoms. The molecule has 9 heteroatoms. The van der Waals surface area contributed by atoms with Crippen LogP contribution in [0.4, 0.5) is 4.39 Å². The minimum absolute atomic E-state index is 0. The van der Waals surface area contributed by atoms with Crippen molar-refractivity contribution in [3.05, 3.63) is 70.7 Å². The first kappa shape index (κ1) is 25.1. The highest BCUT2D eigenvalue weighted by atomic mass is 127. The van der Waals surface area contributed by atoms with Crippen LogP contribution in [0.5, 0.6) is 0 Å². The number of aliphatic imine (C=N–C) groups is 1. The Hall–Kier alpha value is -2.14. The summed E-state index contributed by atoms with van der Waals surface area (Å²) in [5.74, 6) is 0.0397. The van der Waals surface area contributed by atoms with Crippen LogP contribution in [0, 0.1) is 12.7 Å². The topological polar surface area (TPSA) is 86.3 Å². The smallest absolute Gasteiger partial charge is 0.191 e. The Morgan fingerprint density at radius 3 is 2.58 bits per heavy atom.